The normalized spacial score (nSPS) is 26.8. The minimum Gasteiger partial charge on any atom is -0.360 e. The average Bonchev–Trinajstić information content (AvgIpc) is 2.22. The Morgan fingerprint density at radius 3 is 1.71 bits per heavy atom. The van der Waals surface area contributed by atoms with E-state index < -0.39 is 30.8 Å². The van der Waals surface area contributed by atoms with Crippen LogP contribution in [0.3, 0.4) is 0 Å². The first-order valence-electron chi connectivity index (χ1n) is 3.77. The van der Waals surface area contributed by atoms with Crippen molar-refractivity contribution >= 4 is 0 Å². The molecule has 0 saturated carbocycles. The third kappa shape index (κ3) is 1.74. The van der Waals surface area contributed by atoms with Crippen LogP contribution in [-0.4, -0.2) is 73.4 Å². The first-order valence-corrected chi connectivity index (χ1v) is 3.77. The summed E-state index contributed by atoms with van der Waals surface area (Å²) >= 11 is 0. The Labute approximate surface area is 79.2 Å². The summed E-state index contributed by atoms with van der Waals surface area (Å²) < 4.78 is 4.20. The van der Waals surface area contributed by atoms with Crippen molar-refractivity contribution < 1.29 is 35.4 Å². The van der Waals surface area contributed by atoms with Crippen molar-refractivity contribution in [2.45, 2.75) is 17.7 Å². The molecule has 0 atom stereocenters. The van der Waals surface area contributed by atoms with Gasteiger partial charge < -0.3 is 35.4 Å². The highest BCUT2D eigenvalue weighted by atomic mass is 16.8. The Balaban J connectivity index is 2.83. The van der Waals surface area contributed by atoms with Crippen molar-refractivity contribution in [2.24, 2.45) is 0 Å². The van der Waals surface area contributed by atoms with Gasteiger partial charge >= 0.3 is 6.10 Å². The van der Waals surface area contributed by atoms with Gasteiger partial charge in [-0.25, -0.2) is 4.90 Å². The molecule has 0 aromatic heterocycles. The number of aliphatic hydroxyl groups is 6. The van der Waals surface area contributed by atoms with Crippen molar-refractivity contribution in [3.8, 4) is 0 Å². The van der Waals surface area contributed by atoms with Gasteiger partial charge in [-0.2, -0.15) is 0 Å². The highest BCUT2D eigenvalue weighted by molar-refractivity contribution is 4.95. The van der Waals surface area contributed by atoms with Gasteiger partial charge in [0.05, 0.1) is 13.1 Å². The van der Waals surface area contributed by atoms with Crippen LogP contribution in [0.15, 0.2) is 0 Å². The van der Waals surface area contributed by atoms with Gasteiger partial charge in [0.15, 0.2) is 0 Å². The molecular formula is C6H13NO7. The third-order valence-corrected chi connectivity index (χ3v) is 2.15. The minimum atomic E-state index is -2.85. The maximum atomic E-state index is 9.10. The second-order valence-electron chi connectivity index (χ2n) is 3.27. The average molecular weight is 211 g/mol. The van der Waals surface area contributed by atoms with Crippen molar-refractivity contribution in [1.82, 2.24) is 4.90 Å². The number of hydrogen-bond acceptors (Lipinski definition) is 8. The number of ether oxygens (including phenoxy) is 1. The molecule has 1 aliphatic heterocycles. The fraction of sp³-hybridized carbons (Fsp3) is 1.00. The second-order valence-corrected chi connectivity index (χ2v) is 3.27. The van der Waals surface area contributed by atoms with Crippen molar-refractivity contribution in [1.29, 1.82) is 0 Å². The lowest BCUT2D eigenvalue weighted by molar-refractivity contribution is -0.404. The number of methoxy groups -OCH3 is 1. The maximum Gasteiger partial charge on any atom is 0.348 e. The van der Waals surface area contributed by atoms with E-state index in [1.54, 1.807) is 0 Å². The molecule has 14 heavy (non-hydrogen) atoms. The van der Waals surface area contributed by atoms with Gasteiger partial charge in [-0.1, -0.05) is 0 Å². The van der Waals surface area contributed by atoms with E-state index in [9.17, 15) is 0 Å². The summed E-state index contributed by atoms with van der Waals surface area (Å²) in [5.41, 5.74) is 0. The summed E-state index contributed by atoms with van der Waals surface area (Å²) in [7, 11) is 0.963. The SMILES string of the molecule is COC(O)(O)N1CC(O)(O)C(O)(O)C1. The molecule has 8 nitrogen and oxygen atoms in total. The highest BCUT2D eigenvalue weighted by Gasteiger charge is 2.59. The number of β-amino-alcohol motifs (C(OH)–C–C–N with tert-alkyl or cyclic N) is 4. The Bertz CT molecular complexity index is 210. The van der Waals surface area contributed by atoms with E-state index in [1.165, 1.54) is 0 Å². The van der Waals surface area contributed by atoms with Gasteiger partial charge in [0, 0.05) is 7.11 Å². The summed E-state index contributed by atoms with van der Waals surface area (Å²) in [6.07, 6.45) is -2.77. The molecule has 1 rings (SSSR count). The number of nitrogens with zero attached hydrogens (tertiary/aromatic N) is 1. The zero-order valence-electron chi connectivity index (χ0n) is 7.45. The molecule has 0 aliphatic carbocycles. The topological polar surface area (TPSA) is 134 Å². The maximum absolute atomic E-state index is 9.10. The Morgan fingerprint density at radius 1 is 1.07 bits per heavy atom. The molecule has 1 aliphatic rings. The van der Waals surface area contributed by atoms with E-state index in [0.717, 1.165) is 7.11 Å². The third-order valence-electron chi connectivity index (χ3n) is 2.15. The molecule has 1 saturated heterocycles. The van der Waals surface area contributed by atoms with E-state index in [1.807, 2.05) is 0 Å². The molecule has 0 spiro atoms. The van der Waals surface area contributed by atoms with Gasteiger partial charge in [-0.05, 0) is 0 Å². The minimum absolute atomic E-state index is 0.549. The Kier molecular flexibility index (Phi) is 2.59. The zero-order chi connectivity index (χ0) is 11.2. The first kappa shape index (κ1) is 11.8. The van der Waals surface area contributed by atoms with Crippen LogP contribution < -0.4 is 0 Å². The van der Waals surface area contributed by atoms with Crippen LogP contribution >= 0.6 is 0 Å². The zero-order valence-corrected chi connectivity index (χ0v) is 7.45. The molecule has 0 bridgehead atoms. The molecule has 0 amide bonds. The lowest BCUT2D eigenvalue weighted by atomic mass is 10.1. The fourth-order valence-corrected chi connectivity index (χ4v) is 1.18. The first-order chi connectivity index (χ1) is 6.12. The largest absolute Gasteiger partial charge is 0.360 e. The predicted molar refractivity (Wildman–Crippen MR) is 40.1 cm³/mol. The molecule has 0 radical (unpaired) electrons. The molecule has 8 heteroatoms. The lowest BCUT2D eigenvalue weighted by Gasteiger charge is -2.28. The molecule has 6 N–H and O–H groups in total. The summed E-state index contributed by atoms with van der Waals surface area (Å²) in [6.45, 7) is -1.55. The van der Waals surface area contributed by atoms with E-state index in [2.05, 4.69) is 4.74 Å². The lowest BCUT2D eigenvalue weighted by Crippen LogP contribution is -2.53. The quantitative estimate of drug-likeness (QED) is 0.254. The fourth-order valence-electron chi connectivity index (χ4n) is 1.18. The van der Waals surface area contributed by atoms with Crippen molar-refractivity contribution in [3.05, 3.63) is 0 Å². The second kappa shape index (κ2) is 3.08. The Hall–Kier alpha value is -0.320. The Morgan fingerprint density at radius 2 is 1.43 bits per heavy atom. The van der Waals surface area contributed by atoms with Crippen LogP contribution in [0.25, 0.3) is 0 Å². The van der Waals surface area contributed by atoms with E-state index in [-0.39, 0.29) is 0 Å². The number of likely N-dealkylation sites (tertiary alicyclic amines) is 1. The standard InChI is InChI=1S/C6H13NO7/c1-14-6(12,13)7-2-4(8,9)5(10,11)3-7/h8-13H,2-3H2,1H3. The van der Waals surface area contributed by atoms with E-state index in [4.69, 9.17) is 30.6 Å². The highest BCUT2D eigenvalue weighted by Crippen LogP contribution is 2.30. The number of rotatable bonds is 2. The van der Waals surface area contributed by atoms with Crippen LogP contribution in [-0.2, 0) is 4.74 Å². The van der Waals surface area contributed by atoms with Crippen LogP contribution in [0.4, 0.5) is 0 Å². The van der Waals surface area contributed by atoms with Gasteiger partial charge in [0.25, 0.3) is 0 Å². The van der Waals surface area contributed by atoms with E-state index >= 15 is 0 Å². The van der Waals surface area contributed by atoms with Gasteiger partial charge in [-0.3, -0.25) is 0 Å². The van der Waals surface area contributed by atoms with Crippen LogP contribution in [0, 0.1) is 0 Å². The molecule has 0 unspecified atom stereocenters. The van der Waals surface area contributed by atoms with Crippen LogP contribution in [0.5, 0.6) is 0 Å². The summed E-state index contributed by atoms with van der Waals surface area (Å²) in [5.74, 6) is -5.69. The summed E-state index contributed by atoms with van der Waals surface area (Å²) in [6, 6.07) is 0. The monoisotopic (exact) mass is 211 g/mol. The van der Waals surface area contributed by atoms with Gasteiger partial charge in [0.2, 0.25) is 11.6 Å². The summed E-state index contributed by atoms with van der Waals surface area (Å²) in [4.78, 5) is 0.549. The number of hydrogen-bond donors (Lipinski definition) is 6. The predicted octanol–water partition coefficient (Wildman–Crippen LogP) is -4.09. The molecule has 84 valence electrons. The smallest absolute Gasteiger partial charge is 0.348 e. The molecule has 1 heterocycles. The van der Waals surface area contributed by atoms with Gasteiger partial charge in [-0.15, -0.1) is 0 Å². The van der Waals surface area contributed by atoms with Gasteiger partial charge in [0.1, 0.15) is 0 Å². The molecular weight excluding hydrogens is 198 g/mol. The van der Waals surface area contributed by atoms with E-state index in [0.29, 0.717) is 4.90 Å². The molecule has 1 fully saturated rings. The van der Waals surface area contributed by atoms with Crippen molar-refractivity contribution in [2.75, 3.05) is 20.2 Å². The van der Waals surface area contributed by atoms with Crippen molar-refractivity contribution in [3.63, 3.8) is 0 Å². The molecule has 0 aromatic carbocycles. The molecule has 0 aromatic rings. The summed E-state index contributed by atoms with van der Waals surface area (Å²) in [5, 5.41) is 54.6. The van der Waals surface area contributed by atoms with Crippen LogP contribution in [0.1, 0.15) is 0 Å². The van der Waals surface area contributed by atoms with Crippen LogP contribution in [0.2, 0.25) is 0 Å².